The van der Waals surface area contributed by atoms with Crippen molar-refractivity contribution in [1.29, 1.82) is 0 Å². The average molecular weight is 363 g/mol. The Kier molecular flexibility index (Phi) is 5.26. The summed E-state index contributed by atoms with van der Waals surface area (Å²) in [7, 11) is 0. The van der Waals surface area contributed by atoms with Gasteiger partial charge in [0.05, 0.1) is 0 Å². The summed E-state index contributed by atoms with van der Waals surface area (Å²) in [6, 6.07) is 14.2. The largest absolute Gasteiger partial charge is 0.322 e. The number of hydrogen-bond donors (Lipinski definition) is 2. The molecule has 2 amide bonds. The highest BCUT2D eigenvalue weighted by Gasteiger charge is 2.14. The molecular formula is C21H18FN3O2. The number of hydrogen-bond acceptors (Lipinski definition) is 3. The SMILES string of the molecule is Cc1cccc(C)c1NC(=O)c1ccnc(C(=O)Nc2cccc(F)c2)c1. The summed E-state index contributed by atoms with van der Waals surface area (Å²) >= 11 is 0. The van der Waals surface area contributed by atoms with Gasteiger partial charge in [-0.05, 0) is 55.3 Å². The minimum Gasteiger partial charge on any atom is -0.322 e. The van der Waals surface area contributed by atoms with Gasteiger partial charge in [0, 0.05) is 23.1 Å². The highest BCUT2D eigenvalue weighted by Crippen LogP contribution is 2.20. The third-order valence-corrected chi connectivity index (χ3v) is 4.06. The number of anilines is 2. The Labute approximate surface area is 156 Å². The van der Waals surface area contributed by atoms with E-state index in [1.807, 2.05) is 32.0 Å². The Morgan fingerprint density at radius 2 is 1.59 bits per heavy atom. The number of benzene rings is 2. The minimum atomic E-state index is -0.526. The number of carbonyl (C=O) groups is 2. The third kappa shape index (κ3) is 4.36. The first kappa shape index (κ1) is 18.3. The molecule has 0 saturated heterocycles. The van der Waals surface area contributed by atoms with Crippen molar-refractivity contribution in [3.05, 3.63) is 89.0 Å². The van der Waals surface area contributed by atoms with Crippen LogP contribution in [0.25, 0.3) is 0 Å². The van der Waals surface area contributed by atoms with Gasteiger partial charge in [0.15, 0.2) is 0 Å². The standard InChI is InChI=1S/C21H18FN3O2/c1-13-5-3-6-14(2)19(13)25-20(26)15-9-10-23-18(11-15)21(27)24-17-8-4-7-16(22)12-17/h3-12H,1-2H3,(H,24,27)(H,25,26). The number of pyridine rings is 1. The van der Waals surface area contributed by atoms with Gasteiger partial charge in [-0.2, -0.15) is 0 Å². The fourth-order valence-corrected chi connectivity index (χ4v) is 2.65. The molecule has 0 aliphatic carbocycles. The van der Waals surface area contributed by atoms with Gasteiger partial charge in [-0.1, -0.05) is 24.3 Å². The van der Waals surface area contributed by atoms with Crippen molar-refractivity contribution in [3.8, 4) is 0 Å². The van der Waals surface area contributed by atoms with Crippen LogP contribution in [0, 0.1) is 19.7 Å². The number of nitrogens with one attached hydrogen (secondary N) is 2. The molecule has 0 bridgehead atoms. The second-order valence-electron chi connectivity index (χ2n) is 6.12. The lowest BCUT2D eigenvalue weighted by atomic mass is 10.1. The average Bonchev–Trinajstić information content (AvgIpc) is 2.65. The Balaban J connectivity index is 1.78. The summed E-state index contributed by atoms with van der Waals surface area (Å²) in [4.78, 5) is 28.9. The molecule has 0 spiro atoms. The van der Waals surface area contributed by atoms with E-state index < -0.39 is 11.7 Å². The van der Waals surface area contributed by atoms with Crippen LogP contribution in [0.2, 0.25) is 0 Å². The molecule has 27 heavy (non-hydrogen) atoms. The van der Waals surface area contributed by atoms with Crippen LogP contribution in [0.5, 0.6) is 0 Å². The zero-order chi connectivity index (χ0) is 19.4. The Bertz CT molecular complexity index is 998. The van der Waals surface area contributed by atoms with Crippen molar-refractivity contribution in [1.82, 2.24) is 4.98 Å². The monoisotopic (exact) mass is 363 g/mol. The molecule has 3 aromatic rings. The van der Waals surface area contributed by atoms with E-state index >= 15 is 0 Å². The molecule has 0 saturated carbocycles. The van der Waals surface area contributed by atoms with E-state index in [-0.39, 0.29) is 11.6 Å². The maximum Gasteiger partial charge on any atom is 0.274 e. The molecular weight excluding hydrogens is 345 g/mol. The fourth-order valence-electron chi connectivity index (χ4n) is 2.65. The molecule has 1 aromatic heterocycles. The molecule has 5 nitrogen and oxygen atoms in total. The van der Waals surface area contributed by atoms with E-state index in [0.29, 0.717) is 11.3 Å². The molecule has 0 atom stereocenters. The molecule has 2 aromatic carbocycles. The van der Waals surface area contributed by atoms with Crippen LogP contribution in [0.4, 0.5) is 15.8 Å². The lowest BCUT2D eigenvalue weighted by Gasteiger charge is -2.12. The summed E-state index contributed by atoms with van der Waals surface area (Å²) in [5, 5.41) is 5.43. The quantitative estimate of drug-likeness (QED) is 0.724. The molecule has 136 valence electrons. The molecule has 0 unspecified atom stereocenters. The fraction of sp³-hybridized carbons (Fsp3) is 0.0952. The zero-order valence-electron chi connectivity index (χ0n) is 14.9. The second kappa shape index (κ2) is 7.78. The van der Waals surface area contributed by atoms with Crippen LogP contribution < -0.4 is 10.6 Å². The van der Waals surface area contributed by atoms with Gasteiger partial charge in [0.25, 0.3) is 11.8 Å². The lowest BCUT2D eigenvalue weighted by molar-refractivity contribution is 0.102. The number of para-hydroxylation sites is 1. The Morgan fingerprint density at radius 1 is 0.889 bits per heavy atom. The highest BCUT2D eigenvalue weighted by molar-refractivity contribution is 6.08. The predicted octanol–water partition coefficient (Wildman–Crippen LogP) is 4.34. The van der Waals surface area contributed by atoms with E-state index in [2.05, 4.69) is 15.6 Å². The van der Waals surface area contributed by atoms with Crippen molar-refractivity contribution >= 4 is 23.2 Å². The van der Waals surface area contributed by atoms with Crippen molar-refractivity contribution < 1.29 is 14.0 Å². The van der Waals surface area contributed by atoms with Gasteiger partial charge < -0.3 is 10.6 Å². The second-order valence-corrected chi connectivity index (χ2v) is 6.12. The van der Waals surface area contributed by atoms with Gasteiger partial charge in [-0.25, -0.2) is 4.39 Å². The molecule has 3 rings (SSSR count). The van der Waals surface area contributed by atoms with Crippen LogP contribution in [-0.4, -0.2) is 16.8 Å². The topological polar surface area (TPSA) is 71.1 Å². The number of aryl methyl sites for hydroxylation is 2. The molecule has 0 fully saturated rings. The molecule has 2 N–H and O–H groups in total. The zero-order valence-corrected chi connectivity index (χ0v) is 14.9. The highest BCUT2D eigenvalue weighted by atomic mass is 19.1. The predicted molar refractivity (Wildman–Crippen MR) is 102 cm³/mol. The van der Waals surface area contributed by atoms with Gasteiger partial charge in [-0.15, -0.1) is 0 Å². The van der Waals surface area contributed by atoms with E-state index in [0.717, 1.165) is 16.8 Å². The summed E-state index contributed by atoms with van der Waals surface area (Å²) in [5.74, 6) is -1.32. The first-order chi connectivity index (χ1) is 12.9. The number of nitrogens with zero attached hydrogens (tertiary/aromatic N) is 1. The Hall–Kier alpha value is -3.54. The maximum absolute atomic E-state index is 13.2. The van der Waals surface area contributed by atoms with Crippen LogP contribution in [0.15, 0.2) is 60.8 Å². The summed E-state index contributed by atoms with van der Waals surface area (Å²) < 4.78 is 13.2. The first-order valence-electron chi connectivity index (χ1n) is 8.34. The summed E-state index contributed by atoms with van der Waals surface area (Å²) in [6.45, 7) is 3.82. The number of aromatic nitrogens is 1. The molecule has 0 radical (unpaired) electrons. The van der Waals surface area contributed by atoms with Crippen LogP contribution in [0.1, 0.15) is 32.0 Å². The number of carbonyl (C=O) groups excluding carboxylic acids is 2. The smallest absolute Gasteiger partial charge is 0.274 e. The van der Waals surface area contributed by atoms with Gasteiger partial charge >= 0.3 is 0 Å². The van der Waals surface area contributed by atoms with Crippen molar-refractivity contribution in [2.45, 2.75) is 13.8 Å². The van der Waals surface area contributed by atoms with Gasteiger partial charge in [0.1, 0.15) is 11.5 Å². The van der Waals surface area contributed by atoms with Crippen molar-refractivity contribution in [2.75, 3.05) is 10.6 Å². The lowest BCUT2D eigenvalue weighted by Crippen LogP contribution is -2.17. The molecule has 1 heterocycles. The van der Waals surface area contributed by atoms with E-state index in [1.54, 1.807) is 6.07 Å². The summed E-state index contributed by atoms with van der Waals surface area (Å²) in [5.41, 5.74) is 3.31. The first-order valence-corrected chi connectivity index (χ1v) is 8.34. The Morgan fingerprint density at radius 3 is 2.30 bits per heavy atom. The van der Waals surface area contributed by atoms with Crippen LogP contribution >= 0.6 is 0 Å². The number of rotatable bonds is 4. The van der Waals surface area contributed by atoms with Crippen LogP contribution in [0.3, 0.4) is 0 Å². The number of amides is 2. The third-order valence-electron chi connectivity index (χ3n) is 4.06. The van der Waals surface area contributed by atoms with E-state index in [4.69, 9.17) is 0 Å². The van der Waals surface area contributed by atoms with E-state index in [9.17, 15) is 14.0 Å². The number of halogens is 1. The van der Waals surface area contributed by atoms with Crippen molar-refractivity contribution in [2.24, 2.45) is 0 Å². The van der Waals surface area contributed by atoms with Crippen molar-refractivity contribution in [3.63, 3.8) is 0 Å². The molecule has 6 heteroatoms. The molecule has 0 aliphatic heterocycles. The van der Waals surface area contributed by atoms with E-state index in [1.165, 1.54) is 36.5 Å². The van der Waals surface area contributed by atoms with Gasteiger partial charge in [-0.3, -0.25) is 14.6 Å². The summed E-state index contributed by atoms with van der Waals surface area (Å²) in [6.07, 6.45) is 1.39. The maximum atomic E-state index is 13.2. The van der Waals surface area contributed by atoms with Gasteiger partial charge in [0.2, 0.25) is 0 Å². The minimum absolute atomic E-state index is 0.0633. The van der Waals surface area contributed by atoms with Crippen LogP contribution in [-0.2, 0) is 0 Å². The molecule has 0 aliphatic rings. The normalized spacial score (nSPS) is 10.3.